The SMILES string of the molecule is CC(C)(C)C(=O)C(NC(=O)C1(O)CCCC1)C(C)(C)C.CC(C)(C)C(=O)C(NC(=O)C1CC1c1ccccc1)C(C)(C)C.CC(C)(C)C(=O)C(NC(=O)CC12CCCCC1C2)C(C)(C)C.CC(C)(C)C(=O)C(NC(=O)NCC(N)=O)C(C)(C)C.CC(C)(C)C(=O)C(NC(=O)NCc1cccnc1)C(C)(C)C.CC(C)C(CC(=O)NC1CCCCC1)C(=O)C(C)(C)C.CCN(C)C(=O)NC(C(=O)C(C)(C)C)C(C)(C)C. The third-order valence-electron chi connectivity index (χ3n) is 27.1. The van der Waals surface area contributed by atoms with Gasteiger partial charge >= 0.3 is 18.1 Å². The molecular weight excluding hydrogens is 1820 g/mol. The van der Waals surface area contributed by atoms with E-state index in [-0.39, 0.29) is 132 Å². The van der Waals surface area contributed by atoms with Gasteiger partial charge in [0.15, 0.2) is 34.7 Å². The Bertz CT molecular complexity index is 4530. The van der Waals surface area contributed by atoms with Crippen molar-refractivity contribution in [3.05, 3.63) is 66.0 Å². The number of nitrogens with two attached hydrogens (primary N) is 1. The predicted octanol–water partition coefficient (Wildman–Crippen LogP) is 20.6. The molecule has 822 valence electrons. The molecule has 1 aromatic carbocycles. The molecule has 144 heavy (non-hydrogen) atoms. The van der Waals surface area contributed by atoms with Crippen molar-refractivity contribution < 1.29 is 77.0 Å². The van der Waals surface area contributed by atoms with Gasteiger partial charge in [-0.25, -0.2) is 14.4 Å². The van der Waals surface area contributed by atoms with Gasteiger partial charge in [0.05, 0.1) is 42.8 Å². The van der Waals surface area contributed by atoms with Crippen molar-refractivity contribution in [2.75, 3.05) is 20.1 Å². The number of primary amides is 1. The number of carbonyl (C=O) groups excluding carboxylic acids is 15. The molecule has 0 radical (unpaired) electrons. The fourth-order valence-electron chi connectivity index (χ4n) is 17.3. The summed E-state index contributed by atoms with van der Waals surface area (Å²) in [7, 11) is 1.72. The molecular formula is C116H202N12O16. The van der Waals surface area contributed by atoms with Crippen molar-refractivity contribution in [1.29, 1.82) is 0 Å². The zero-order valence-corrected chi connectivity index (χ0v) is 97.8. The van der Waals surface area contributed by atoms with Crippen LogP contribution in [0.15, 0.2) is 54.9 Å². The normalized spacial score (nSPS) is 19.1. The standard InChI is InChI=1S/C20H29NO2.C19H33NO2.C17H27N3O2.C17H31NO2.C16H29NO3.C14H28N2O2.C13H25N3O3/c1-19(2,3)16(17(22)20(4,5)6)21-18(23)15-12-14(15)13-10-8-7-9-11-13;1-17(2,3)15(16(22)18(4,5)6)20-14(21)12-19-10-8-7-9-13(19)11-19;1-16(2,3)13(14(21)17(4,5)6)20-15(22)19-11-12-8-7-9-18-10-12;1-12(2)14(16(20)17(3,4)5)11-15(19)18-13-9-7-6-8-10-13;1-14(2,3)11(12(18)15(4,5)6)17-13(19)16(20)9-7-8-10-16;1-9-16(8)12(18)15-10(13(2,3)4)11(17)14(5,6)7;1-12(2,3)9(10(18)13(4,5)6)16-11(19)15-7-8(14)17/h7-11,14-16H,12H2,1-6H3,(H,21,23);13,15H,7-12H2,1-6H3,(H,20,21);7-10,13H,11H2,1-6H3,(H2,19,20,22);12-14H,6-11H2,1-5H3,(H,18,19);11,20H,7-10H2,1-6H3,(H,17,19);10H,9H2,1-8H3,(H,15,18);9H,7H2,1-6H3,(H2,14,17)(H2,15,16,19). The Balaban J connectivity index is 0.000000841. The first kappa shape index (κ1) is 133. The molecule has 12 N–H and O–H groups in total. The zero-order valence-electron chi connectivity index (χ0n) is 97.8. The van der Waals surface area contributed by atoms with Crippen molar-refractivity contribution in [1.82, 2.24) is 57.7 Å². The zero-order chi connectivity index (χ0) is 112. The Morgan fingerprint density at radius 2 is 0.799 bits per heavy atom. The number of nitrogens with zero attached hydrogens (tertiary/aromatic N) is 2. The molecule has 0 bridgehead atoms. The quantitative estimate of drug-likeness (QED) is 0.0396. The van der Waals surface area contributed by atoms with E-state index >= 15 is 0 Å². The number of rotatable bonds is 27. The Hall–Kier alpha value is -8.82. The van der Waals surface area contributed by atoms with Crippen LogP contribution in [-0.4, -0.2) is 171 Å². The second kappa shape index (κ2) is 53.9. The van der Waals surface area contributed by atoms with Crippen LogP contribution in [0.1, 0.15) is 417 Å². The van der Waals surface area contributed by atoms with Crippen LogP contribution in [0, 0.1) is 99.5 Å². The molecule has 5 aliphatic carbocycles. The van der Waals surface area contributed by atoms with Gasteiger partial charge in [-0.15, -0.1) is 0 Å². The van der Waals surface area contributed by atoms with Crippen LogP contribution in [0.3, 0.4) is 0 Å². The molecule has 28 heteroatoms. The van der Waals surface area contributed by atoms with Gasteiger partial charge in [-0.05, 0) is 144 Å². The molecule has 2 aromatic rings. The van der Waals surface area contributed by atoms with E-state index in [4.69, 9.17) is 5.73 Å². The highest BCUT2D eigenvalue weighted by Gasteiger charge is 2.56. The summed E-state index contributed by atoms with van der Waals surface area (Å²) in [5.74, 6) is 0.637. The van der Waals surface area contributed by atoms with Crippen LogP contribution < -0.4 is 53.6 Å². The van der Waals surface area contributed by atoms with Gasteiger partial charge in [-0.3, -0.25) is 62.5 Å². The number of aromatic nitrogens is 1. The van der Waals surface area contributed by atoms with Gasteiger partial charge in [-0.2, -0.15) is 0 Å². The number of benzene rings is 1. The van der Waals surface area contributed by atoms with Gasteiger partial charge in [0.1, 0.15) is 11.4 Å². The minimum Gasteiger partial charge on any atom is -0.380 e. The smallest absolute Gasteiger partial charge is 0.317 e. The lowest BCUT2D eigenvalue weighted by molar-refractivity contribution is -0.145. The number of Topliss-reactive ketones (excluding diaryl/α,β-unsaturated/α-hetero) is 7. The number of urea groups is 3. The second-order valence-corrected chi connectivity index (χ2v) is 55.3. The summed E-state index contributed by atoms with van der Waals surface area (Å²) < 4.78 is 0. The first-order valence-corrected chi connectivity index (χ1v) is 52.9. The lowest BCUT2D eigenvalue weighted by Crippen LogP contribution is -2.57. The molecule has 5 fully saturated rings. The maximum Gasteiger partial charge on any atom is 0.317 e. The van der Waals surface area contributed by atoms with Crippen LogP contribution in [-0.2, 0) is 64.1 Å². The number of aliphatic hydroxyl groups is 1. The number of hydrogen-bond donors (Lipinski definition) is 11. The minimum absolute atomic E-state index is 0.0000491. The fourth-order valence-corrected chi connectivity index (χ4v) is 17.3. The average molecular weight is 2020 g/mol. The highest BCUT2D eigenvalue weighted by atomic mass is 16.3. The molecule has 11 unspecified atom stereocenters. The summed E-state index contributed by atoms with van der Waals surface area (Å²) in [6, 6.07) is 9.95. The Morgan fingerprint density at radius 1 is 0.431 bits per heavy atom. The van der Waals surface area contributed by atoms with Crippen LogP contribution in [0.4, 0.5) is 14.4 Å². The Morgan fingerprint density at radius 3 is 1.16 bits per heavy atom. The van der Waals surface area contributed by atoms with E-state index < -0.39 is 97.6 Å². The Kier molecular flexibility index (Phi) is 49.8. The molecule has 11 atom stereocenters. The first-order chi connectivity index (χ1) is 64.8. The topological polar surface area (TPSA) is 427 Å². The van der Waals surface area contributed by atoms with Crippen LogP contribution >= 0.6 is 0 Å². The maximum atomic E-state index is 12.7. The average Bonchev–Trinajstić information content (AvgIpc) is 1.58. The predicted molar refractivity (Wildman–Crippen MR) is 580 cm³/mol. The van der Waals surface area contributed by atoms with Crippen molar-refractivity contribution in [2.45, 2.75) is 460 Å². The van der Waals surface area contributed by atoms with Crippen molar-refractivity contribution in [3.63, 3.8) is 0 Å². The van der Waals surface area contributed by atoms with E-state index in [0.29, 0.717) is 50.7 Å². The summed E-state index contributed by atoms with van der Waals surface area (Å²) in [6.45, 7) is 81.4. The van der Waals surface area contributed by atoms with E-state index in [2.05, 4.69) is 65.0 Å². The van der Waals surface area contributed by atoms with Crippen LogP contribution in [0.2, 0.25) is 0 Å². The molecule has 0 spiro atoms. The van der Waals surface area contributed by atoms with E-state index in [0.717, 1.165) is 43.6 Å². The van der Waals surface area contributed by atoms with E-state index in [1.807, 2.05) is 300 Å². The third kappa shape index (κ3) is 46.3. The van der Waals surface area contributed by atoms with E-state index in [9.17, 15) is 77.0 Å². The largest absolute Gasteiger partial charge is 0.380 e. The Labute approximate surface area is 869 Å². The summed E-state index contributed by atoms with van der Waals surface area (Å²) in [6.07, 6.45) is 20.0. The summed E-state index contributed by atoms with van der Waals surface area (Å²) >= 11 is 0. The van der Waals surface area contributed by atoms with Gasteiger partial charge in [0.25, 0.3) is 5.91 Å². The number of fused-ring (bicyclic) bond motifs is 1. The molecule has 28 nitrogen and oxygen atoms in total. The maximum absolute atomic E-state index is 12.7. The summed E-state index contributed by atoms with van der Waals surface area (Å²) in [4.78, 5) is 189. The fraction of sp³-hybridized carbons (Fsp3) is 0.776. The summed E-state index contributed by atoms with van der Waals surface area (Å²) in [5, 5.41) is 35.7. The van der Waals surface area contributed by atoms with Gasteiger partial charge < -0.3 is 63.6 Å². The van der Waals surface area contributed by atoms with Crippen LogP contribution in [0.5, 0.6) is 0 Å². The van der Waals surface area contributed by atoms with E-state index in [1.54, 1.807) is 45.1 Å². The molecule has 11 amide bonds. The molecule has 1 aromatic heterocycles. The number of pyridine rings is 1. The first-order valence-electron chi connectivity index (χ1n) is 52.9. The number of nitrogens with one attached hydrogen (secondary N) is 9. The minimum atomic E-state index is -1.29. The van der Waals surface area contributed by atoms with E-state index in [1.165, 1.54) is 56.9 Å². The van der Waals surface area contributed by atoms with Gasteiger partial charge in [-0.1, -0.05) is 352 Å². The van der Waals surface area contributed by atoms with Gasteiger partial charge in [0, 0.05) is 101 Å². The molecule has 7 rings (SSSR count). The monoisotopic (exact) mass is 2020 g/mol. The number of carbonyl (C=O) groups is 15. The summed E-state index contributed by atoms with van der Waals surface area (Å²) in [5.41, 5.74) is 0.713. The molecule has 0 saturated heterocycles. The van der Waals surface area contributed by atoms with Crippen molar-refractivity contribution >= 4 is 88.1 Å². The van der Waals surface area contributed by atoms with Crippen molar-refractivity contribution in [2.24, 2.45) is 105 Å². The molecule has 5 saturated carbocycles. The lowest BCUT2D eigenvalue weighted by Gasteiger charge is -2.36. The highest BCUT2D eigenvalue weighted by Crippen LogP contribution is 2.63. The van der Waals surface area contributed by atoms with Gasteiger partial charge in [0.2, 0.25) is 23.6 Å². The highest BCUT2D eigenvalue weighted by molar-refractivity contribution is 5.98. The molecule has 1 heterocycles. The third-order valence-corrected chi connectivity index (χ3v) is 27.1. The lowest BCUT2D eigenvalue weighted by atomic mass is 9.75. The van der Waals surface area contributed by atoms with Crippen LogP contribution in [0.25, 0.3) is 0 Å². The number of ketones is 7. The molecule has 0 aliphatic heterocycles. The second-order valence-electron chi connectivity index (χ2n) is 55.3. The van der Waals surface area contributed by atoms with Crippen molar-refractivity contribution in [3.8, 4) is 0 Å². The number of amides is 11. The number of hydrogen-bond acceptors (Lipinski definition) is 17. The molecule has 5 aliphatic rings.